The molecule has 4 aromatic rings. The fourth-order valence-electron chi connectivity index (χ4n) is 3.28. The minimum Gasteiger partial charge on any atom is -0.497 e. The molecule has 0 bridgehead atoms. The van der Waals surface area contributed by atoms with Crippen LogP contribution in [0.3, 0.4) is 0 Å². The third kappa shape index (κ3) is 3.22. The maximum absolute atomic E-state index is 5.69. The molecule has 130 valence electrons. The number of hydrogen-bond donors (Lipinski definition) is 1. The van der Waals surface area contributed by atoms with Crippen molar-refractivity contribution in [2.45, 2.75) is 13.1 Å². The van der Waals surface area contributed by atoms with Crippen LogP contribution >= 0.6 is 0 Å². The molecule has 0 spiro atoms. The number of fused-ring (bicyclic) bond motifs is 1. The second-order valence-electron chi connectivity index (χ2n) is 6.47. The highest BCUT2D eigenvalue weighted by Crippen LogP contribution is 2.26. The lowest BCUT2D eigenvalue weighted by Crippen LogP contribution is -1.97. The quantitative estimate of drug-likeness (QED) is 0.564. The van der Waals surface area contributed by atoms with E-state index < -0.39 is 0 Å². The molecule has 0 amide bonds. The molecule has 3 nitrogen and oxygen atoms in total. The van der Waals surface area contributed by atoms with E-state index in [1.54, 1.807) is 7.11 Å². The Morgan fingerprint density at radius 3 is 2.19 bits per heavy atom. The van der Waals surface area contributed by atoms with Gasteiger partial charge in [0.2, 0.25) is 0 Å². The summed E-state index contributed by atoms with van der Waals surface area (Å²) in [5.41, 5.74) is 11.8. The molecule has 4 rings (SSSR count). The molecule has 0 aliphatic carbocycles. The van der Waals surface area contributed by atoms with E-state index in [0.717, 1.165) is 17.9 Å². The number of nitrogens with zero attached hydrogens (tertiary/aromatic N) is 1. The number of benzene rings is 3. The van der Waals surface area contributed by atoms with E-state index in [4.69, 9.17) is 10.5 Å². The van der Waals surface area contributed by atoms with Crippen molar-refractivity contribution in [1.29, 1.82) is 0 Å². The van der Waals surface area contributed by atoms with Crippen LogP contribution in [-0.2, 0) is 13.1 Å². The van der Waals surface area contributed by atoms with Gasteiger partial charge < -0.3 is 15.0 Å². The van der Waals surface area contributed by atoms with Gasteiger partial charge in [-0.2, -0.15) is 0 Å². The molecule has 0 aliphatic heterocycles. The van der Waals surface area contributed by atoms with Gasteiger partial charge in [-0.3, -0.25) is 0 Å². The summed E-state index contributed by atoms with van der Waals surface area (Å²) in [5, 5.41) is 1.25. The predicted octanol–water partition coefficient (Wildman–Crippen LogP) is 4.82. The average molecular weight is 342 g/mol. The maximum atomic E-state index is 5.69. The Morgan fingerprint density at radius 1 is 0.808 bits per heavy atom. The SMILES string of the molecule is COc1ccc(Cn2ccc3cc(-c4ccc(CN)cc4)ccc32)cc1. The molecule has 0 saturated carbocycles. The van der Waals surface area contributed by atoms with Gasteiger partial charge in [-0.1, -0.05) is 42.5 Å². The third-order valence-electron chi connectivity index (χ3n) is 4.81. The van der Waals surface area contributed by atoms with Crippen LogP contribution in [0.2, 0.25) is 0 Å². The number of methoxy groups -OCH3 is 1. The second-order valence-corrected chi connectivity index (χ2v) is 6.47. The number of hydrogen-bond acceptors (Lipinski definition) is 2. The molecule has 0 aliphatic rings. The van der Waals surface area contributed by atoms with Crippen molar-refractivity contribution in [2.75, 3.05) is 7.11 Å². The molecule has 0 saturated heterocycles. The normalized spacial score (nSPS) is 11.0. The van der Waals surface area contributed by atoms with Gasteiger partial charge in [-0.25, -0.2) is 0 Å². The van der Waals surface area contributed by atoms with Gasteiger partial charge in [-0.05, 0) is 52.6 Å². The Labute approximate surface area is 153 Å². The Bertz CT molecular complexity index is 1010. The number of nitrogens with two attached hydrogens (primary N) is 1. The molecule has 0 atom stereocenters. The van der Waals surface area contributed by atoms with E-state index >= 15 is 0 Å². The number of aromatic nitrogens is 1. The van der Waals surface area contributed by atoms with Crippen molar-refractivity contribution in [3.63, 3.8) is 0 Å². The minimum atomic E-state index is 0.577. The summed E-state index contributed by atoms with van der Waals surface area (Å²) in [7, 11) is 1.69. The summed E-state index contributed by atoms with van der Waals surface area (Å²) in [5.74, 6) is 0.886. The van der Waals surface area contributed by atoms with Crippen LogP contribution in [0.1, 0.15) is 11.1 Å². The van der Waals surface area contributed by atoms with Crippen LogP contribution in [0.25, 0.3) is 22.0 Å². The molecule has 0 radical (unpaired) electrons. The van der Waals surface area contributed by atoms with E-state index in [-0.39, 0.29) is 0 Å². The highest BCUT2D eigenvalue weighted by molar-refractivity contribution is 5.85. The van der Waals surface area contributed by atoms with Gasteiger partial charge in [0.15, 0.2) is 0 Å². The first kappa shape index (κ1) is 16.4. The number of ether oxygens (including phenoxy) is 1. The lowest BCUT2D eigenvalue weighted by Gasteiger charge is -2.08. The Hall–Kier alpha value is -3.04. The smallest absolute Gasteiger partial charge is 0.118 e. The van der Waals surface area contributed by atoms with Gasteiger partial charge in [0.05, 0.1) is 7.11 Å². The van der Waals surface area contributed by atoms with Gasteiger partial charge in [-0.15, -0.1) is 0 Å². The Kier molecular flexibility index (Phi) is 4.46. The number of rotatable bonds is 5. The first-order chi connectivity index (χ1) is 12.8. The molecule has 1 aromatic heterocycles. The third-order valence-corrected chi connectivity index (χ3v) is 4.81. The van der Waals surface area contributed by atoms with E-state index in [1.807, 2.05) is 12.1 Å². The molecule has 0 fully saturated rings. The maximum Gasteiger partial charge on any atom is 0.118 e. The summed E-state index contributed by atoms with van der Waals surface area (Å²) in [6.45, 7) is 1.42. The van der Waals surface area contributed by atoms with Crippen molar-refractivity contribution in [1.82, 2.24) is 4.57 Å². The average Bonchev–Trinajstić information content (AvgIpc) is 3.10. The minimum absolute atomic E-state index is 0.577. The zero-order valence-corrected chi connectivity index (χ0v) is 14.9. The van der Waals surface area contributed by atoms with Crippen molar-refractivity contribution < 1.29 is 4.74 Å². The van der Waals surface area contributed by atoms with Crippen LogP contribution in [0.4, 0.5) is 0 Å². The van der Waals surface area contributed by atoms with E-state index in [9.17, 15) is 0 Å². The first-order valence-electron chi connectivity index (χ1n) is 8.78. The molecule has 2 N–H and O–H groups in total. The second kappa shape index (κ2) is 7.06. The highest BCUT2D eigenvalue weighted by Gasteiger charge is 2.05. The zero-order chi connectivity index (χ0) is 17.9. The standard InChI is InChI=1S/C23H22N2O/c1-26-22-9-4-18(5-10-22)16-25-13-12-21-14-20(8-11-23(21)25)19-6-2-17(15-24)3-7-19/h2-14H,15-16,24H2,1H3. The summed E-state index contributed by atoms with van der Waals surface area (Å²) in [6, 6.07) is 25.5. The summed E-state index contributed by atoms with van der Waals surface area (Å²) >= 11 is 0. The summed E-state index contributed by atoms with van der Waals surface area (Å²) in [4.78, 5) is 0. The summed E-state index contributed by atoms with van der Waals surface area (Å²) in [6.07, 6.45) is 2.15. The van der Waals surface area contributed by atoms with Crippen molar-refractivity contribution in [3.8, 4) is 16.9 Å². The molecular formula is C23H22N2O. The summed E-state index contributed by atoms with van der Waals surface area (Å²) < 4.78 is 7.51. The topological polar surface area (TPSA) is 40.2 Å². The largest absolute Gasteiger partial charge is 0.497 e. The van der Waals surface area contributed by atoms with Crippen LogP contribution in [0.5, 0.6) is 5.75 Å². The first-order valence-corrected chi connectivity index (χ1v) is 8.78. The molecular weight excluding hydrogens is 320 g/mol. The Morgan fingerprint density at radius 2 is 1.50 bits per heavy atom. The van der Waals surface area contributed by atoms with Crippen molar-refractivity contribution in [3.05, 3.63) is 90.1 Å². The monoisotopic (exact) mass is 342 g/mol. The van der Waals surface area contributed by atoms with Crippen molar-refractivity contribution in [2.24, 2.45) is 5.73 Å². The van der Waals surface area contributed by atoms with Crippen LogP contribution in [0.15, 0.2) is 79.0 Å². The van der Waals surface area contributed by atoms with Crippen LogP contribution < -0.4 is 10.5 Å². The van der Waals surface area contributed by atoms with Gasteiger partial charge in [0.1, 0.15) is 5.75 Å². The van der Waals surface area contributed by atoms with Crippen molar-refractivity contribution >= 4 is 10.9 Å². The van der Waals surface area contributed by atoms with Crippen LogP contribution in [-0.4, -0.2) is 11.7 Å². The molecule has 1 heterocycles. The fourth-order valence-corrected chi connectivity index (χ4v) is 3.28. The van der Waals surface area contributed by atoms with Gasteiger partial charge in [0.25, 0.3) is 0 Å². The van der Waals surface area contributed by atoms with E-state index in [2.05, 4.69) is 71.4 Å². The predicted molar refractivity (Wildman–Crippen MR) is 107 cm³/mol. The van der Waals surface area contributed by atoms with E-state index in [0.29, 0.717) is 6.54 Å². The molecule has 0 unspecified atom stereocenters. The van der Waals surface area contributed by atoms with Gasteiger partial charge >= 0.3 is 0 Å². The highest BCUT2D eigenvalue weighted by atomic mass is 16.5. The van der Waals surface area contributed by atoms with Gasteiger partial charge in [0, 0.05) is 30.2 Å². The molecule has 3 aromatic carbocycles. The Balaban J connectivity index is 1.62. The fraction of sp³-hybridized carbons (Fsp3) is 0.130. The lowest BCUT2D eigenvalue weighted by molar-refractivity contribution is 0.414. The van der Waals surface area contributed by atoms with Crippen LogP contribution in [0, 0.1) is 0 Å². The molecule has 3 heteroatoms. The zero-order valence-electron chi connectivity index (χ0n) is 14.9. The van der Waals surface area contributed by atoms with E-state index in [1.165, 1.54) is 27.6 Å². The molecule has 26 heavy (non-hydrogen) atoms. The lowest BCUT2D eigenvalue weighted by atomic mass is 10.0.